The molecule has 34 heavy (non-hydrogen) atoms. The second kappa shape index (κ2) is 10.0. The molecule has 0 spiro atoms. The number of unbranched alkanes of at least 4 members (excludes halogenated alkanes) is 1. The fourth-order valence-electron chi connectivity index (χ4n) is 8.92. The predicted molar refractivity (Wildman–Crippen MR) is 140 cm³/mol. The Morgan fingerprint density at radius 3 is 2.44 bits per heavy atom. The highest BCUT2D eigenvalue weighted by Crippen LogP contribution is 2.66. The molecule has 3 saturated carbocycles. The van der Waals surface area contributed by atoms with Gasteiger partial charge in [0.15, 0.2) is 0 Å². The molecule has 194 valence electrons. The number of hydrogen-bond acceptors (Lipinski definition) is 3. The van der Waals surface area contributed by atoms with Crippen molar-refractivity contribution in [1.82, 2.24) is 0 Å². The van der Waals surface area contributed by atoms with Crippen LogP contribution >= 0.6 is 0 Å². The lowest BCUT2D eigenvalue weighted by Crippen LogP contribution is -2.52. The SMILES string of the molecule is CCCC[C@H](C[C@H](O)C(C)C)[C@@H](C)[C@H]1CC[C@H]2C3=CC=C4C[C@@H](O)C[C@H](O)[C@]4(C)[C@H]3CC[C@]12C. The van der Waals surface area contributed by atoms with Crippen molar-refractivity contribution in [3.8, 4) is 0 Å². The number of hydrogen-bond donors (Lipinski definition) is 3. The summed E-state index contributed by atoms with van der Waals surface area (Å²) >= 11 is 0. The van der Waals surface area contributed by atoms with E-state index in [2.05, 4.69) is 53.7 Å². The van der Waals surface area contributed by atoms with Crippen LogP contribution in [0.5, 0.6) is 0 Å². The monoisotopic (exact) mass is 472 g/mol. The second-order valence-electron chi connectivity index (χ2n) is 13.4. The van der Waals surface area contributed by atoms with E-state index in [0.717, 1.165) is 12.8 Å². The molecular weight excluding hydrogens is 420 g/mol. The van der Waals surface area contributed by atoms with Crippen LogP contribution in [0.4, 0.5) is 0 Å². The number of fused-ring (bicyclic) bond motifs is 5. The predicted octanol–water partition coefficient (Wildman–Crippen LogP) is 6.67. The molecule has 0 aromatic rings. The summed E-state index contributed by atoms with van der Waals surface area (Å²) in [6, 6.07) is 0. The molecule has 10 atom stereocenters. The van der Waals surface area contributed by atoms with Crippen molar-refractivity contribution in [1.29, 1.82) is 0 Å². The Labute approximate surface area is 209 Å². The van der Waals surface area contributed by atoms with E-state index in [9.17, 15) is 15.3 Å². The highest BCUT2D eigenvalue weighted by atomic mass is 16.3. The van der Waals surface area contributed by atoms with Crippen molar-refractivity contribution in [2.24, 2.45) is 46.3 Å². The number of aliphatic hydroxyl groups excluding tert-OH is 3. The van der Waals surface area contributed by atoms with Gasteiger partial charge >= 0.3 is 0 Å². The first-order valence-corrected chi connectivity index (χ1v) is 14.5. The zero-order valence-electron chi connectivity index (χ0n) is 22.8. The van der Waals surface area contributed by atoms with Crippen molar-refractivity contribution in [2.75, 3.05) is 0 Å². The summed E-state index contributed by atoms with van der Waals surface area (Å²) in [5.74, 6) is 3.29. The Kier molecular flexibility index (Phi) is 7.79. The van der Waals surface area contributed by atoms with E-state index in [0.29, 0.717) is 53.8 Å². The summed E-state index contributed by atoms with van der Waals surface area (Å²) in [6.45, 7) is 13.9. The number of allylic oxidation sites excluding steroid dienone is 3. The van der Waals surface area contributed by atoms with Gasteiger partial charge in [-0.3, -0.25) is 0 Å². The van der Waals surface area contributed by atoms with Crippen LogP contribution in [0.1, 0.15) is 106 Å². The van der Waals surface area contributed by atoms with Crippen LogP contribution in [0.25, 0.3) is 0 Å². The van der Waals surface area contributed by atoms with E-state index < -0.39 is 12.2 Å². The molecule has 4 aliphatic carbocycles. The van der Waals surface area contributed by atoms with E-state index in [1.54, 1.807) is 5.57 Å². The normalized spacial score (nSPS) is 42.2. The van der Waals surface area contributed by atoms with Crippen molar-refractivity contribution < 1.29 is 15.3 Å². The van der Waals surface area contributed by atoms with Gasteiger partial charge in [0, 0.05) is 11.8 Å². The van der Waals surface area contributed by atoms with Gasteiger partial charge < -0.3 is 15.3 Å². The molecule has 3 heteroatoms. The summed E-state index contributed by atoms with van der Waals surface area (Å²) in [7, 11) is 0. The molecule has 0 unspecified atom stereocenters. The average Bonchev–Trinajstić information content (AvgIpc) is 3.14. The topological polar surface area (TPSA) is 60.7 Å². The minimum absolute atomic E-state index is 0.197. The van der Waals surface area contributed by atoms with Crippen LogP contribution in [0.15, 0.2) is 23.3 Å². The first kappa shape index (κ1) is 26.4. The lowest BCUT2D eigenvalue weighted by Gasteiger charge is -2.56. The van der Waals surface area contributed by atoms with E-state index in [1.807, 2.05) is 0 Å². The molecule has 3 fully saturated rings. The highest BCUT2D eigenvalue weighted by molar-refractivity contribution is 5.40. The maximum atomic E-state index is 11.1. The average molecular weight is 473 g/mol. The molecule has 0 aliphatic heterocycles. The van der Waals surface area contributed by atoms with Gasteiger partial charge in [-0.05, 0) is 79.4 Å². The van der Waals surface area contributed by atoms with Gasteiger partial charge in [0.2, 0.25) is 0 Å². The van der Waals surface area contributed by atoms with Crippen molar-refractivity contribution in [2.45, 2.75) is 124 Å². The van der Waals surface area contributed by atoms with Crippen molar-refractivity contribution in [3.05, 3.63) is 23.3 Å². The summed E-state index contributed by atoms with van der Waals surface area (Å²) < 4.78 is 0. The van der Waals surface area contributed by atoms with Gasteiger partial charge in [-0.25, -0.2) is 0 Å². The van der Waals surface area contributed by atoms with Crippen LogP contribution in [0, 0.1) is 46.3 Å². The Bertz CT molecular complexity index is 784. The molecule has 0 aromatic heterocycles. The molecule has 4 aliphatic rings. The standard InChI is InChI=1S/C31H52O3/c1-7-8-9-21(16-28(33)19(2)3)20(4)25-12-13-26-24-11-10-22-17-23(32)18-29(34)31(22,6)27(24)14-15-30(25,26)5/h10-11,19-21,23,25-29,32-34H,7-9,12-18H2,1-6H3/t20-,21-,23-,25-,26+,27+,28+,29+,30-,31+/m1/s1. The van der Waals surface area contributed by atoms with Crippen LogP contribution in [-0.4, -0.2) is 33.6 Å². The maximum absolute atomic E-state index is 11.1. The minimum atomic E-state index is -0.451. The van der Waals surface area contributed by atoms with Crippen LogP contribution in [0.2, 0.25) is 0 Å². The molecule has 3 N–H and O–H groups in total. The summed E-state index contributed by atoms with van der Waals surface area (Å²) in [5.41, 5.74) is 2.97. The van der Waals surface area contributed by atoms with E-state index in [4.69, 9.17) is 0 Å². The molecule has 4 rings (SSSR count). The fraction of sp³-hybridized carbons (Fsp3) is 0.871. The van der Waals surface area contributed by atoms with Gasteiger partial charge in [0.05, 0.1) is 18.3 Å². The third-order valence-corrected chi connectivity index (χ3v) is 11.3. The maximum Gasteiger partial charge on any atom is 0.0661 e. The van der Waals surface area contributed by atoms with Gasteiger partial charge in [-0.2, -0.15) is 0 Å². The Morgan fingerprint density at radius 2 is 1.76 bits per heavy atom. The molecule has 0 radical (unpaired) electrons. The third-order valence-electron chi connectivity index (χ3n) is 11.3. The van der Waals surface area contributed by atoms with Crippen LogP contribution < -0.4 is 0 Å². The number of aliphatic hydroxyl groups is 3. The first-order chi connectivity index (χ1) is 16.0. The molecule has 0 amide bonds. The van der Waals surface area contributed by atoms with Crippen molar-refractivity contribution >= 4 is 0 Å². The van der Waals surface area contributed by atoms with E-state index in [1.165, 1.54) is 44.1 Å². The highest BCUT2D eigenvalue weighted by Gasteiger charge is 2.59. The Balaban J connectivity index is 1.58. The van der Waals surface area contributed by atoms with E-state index >= 15 is 0 Å². The second-order valence-corrected chi connectivity index (χ2v) is 13.4. The molecule has 0 bridgehead atoms. The smallest absolute Gasteiger partial charge is 0.0661 e. The minimum Gasteiger partial charge on any atom is -0.393 e. The quantitative estimate of drug-likeness (QED) is 0.370. The zero-order chi connectivity index (χ0) is 24.8. The van der Waals surface area contributed by atoms with Crippen LogP contribution in [-0.2, 0) is 0 Å². The lowest BCUT2D eigenvalue weighted by molar-refractivity contribution is -0.0560. The van der Waals surface area contributed by atoms with Gasteiger partial charge in [0.1, 0.15) is 0 Å². The van der Waals surface area contributed by atoms with Crippen molar-refractivity contribution in [3.63, 3.8) is 0 Å². The third kappa shape index (κ3) is 4.37. The largest absolute Gasteiger partial charge is 0.393 e. The summed E-state index contributed by atoms with van der Waals surface area (Å²) in [4.78, 5) is 0. The van der Waals surface area contributed by atoms with Crippen LogP contribution in [0.3, 0.4) is 0 Å². The number of rotatable bonds is 8. The van der Waals surface area contributed by atoms with Gasteiger partial charge in [0.25, 0.3) is 0 Å². The fourth-order valence-corrected chi connectivity index (χ4v) is 8.92. The summed E-state index contributed by atoms with van der Waals surface area (Å²) in [5, 5.41) is 32.2. The molecule has 0 aromatic carbocycles. The summed E-state index contributed by atoms with van der Waals surface area (Å²) in [6.07, 6.45) is 14.5. The van der Waals surface area contributed by atoms with Gasteiger partial charge in [-0.15, -0.1) is 0 Å². The molecule has 0 heterocycles. The Morgan fingerprint density at radius 1 is 1.03 bits per heavy atom. The van der Waals surface area contributed by atoms with E-state index in [-0.39, 0.29) is 11.5 Å². The lowest BCUT2D eigenvalue weighted by atomic mass is 9.49. The molecule has 0 saturated heterocycles. The molecule has 3 nitrogen and oxygen atoms in total. The molecular formula is C31H52O3. The first-order valence-electron chi connectivity index (χ1n) is 14.5. The zero-order valence-corrected chi connectivity index (χ0v) is 22.8. The Hall–Kier alpha value is -0.640. The van der Waals surface area contributed by atoms with Gasteiger partial charge in [-0.1, -0.05) is 84.1 Å².